The lowest BCUT2D eigenvalue weighted by molar-refractivity contribution is -0.142. The smallest absolute Gasteiger partial charge is 0.257 e. The zero-order valence-corrected chi connectivity index (χ0v) is 14.5. The molecule has 2 heterocycles. The molecule has 136 valence electrons. The van der Waals surface area contributed by atoms with Crippen LogP contribution < -0.4 is 0 Å². The number of hydrogen-bond acceptors (Lipinski definition) is 3. The van der Waals surface area contributed by atoms with E-state index >= 15 is 0 Å². The Morgan fingerprint density at radius 2 is 1.77 bits per heavy atom. The largest absolute Gasteiger partial charge is 0.472 e. The van der Waals surface area contributed by atoms with Crippen LogP contribution in [0.1, 0.15) is 35.2 Å². The van der Waals surface area contributed by atoms with Gasteiger partial charge in [-0.3, -0.25) is 9.59 Å². The molecule has 2 amide bonds. The van der Waals surface area contributed by atoms with Gasteiger partial charge in [0.15, 0.2) is 0 Å². The zero-order chi connectivity index (χ0) is 18.1. The lowest BCUT2D eigenvalue weighted by Crippen LogP contribution is -2.57. The average molecular weight is 356 g/mol. The molecule has 4 rings (SSSR count). The molecule has 0 N–H and O–H groups in total. The molecular weight excluding hydrogens is 335 g/mol. The zero-order valence-electron chi connectivity index (χ0n) is 14.5. The Bertz CT molecular complexity index is 806. The Morgan fingerprint density at radius 1 is 1.04 bits per heavy atom. The quantitative estimate of drug-likeness (QED) is 0.850. The summed E-state index contributed by atoms with van der Waals surface area (Å²) in [4.78, 5) is 29.1. The van der Waals surface area contributed by atoms with Crippen LogP contribution in [0, 0.1) is 5.82 Å². The molecule has 2 aromatic rings. The number of nitrogens with zero attached hydrogens (tertiary/aromatic N) is 2. The molecule has 0 unspecified atom stereocenters. The third kappa shape index (κ3) is 2.79. The molecule has 26 heavy (non-hydrogen) atoms. The van der Waals surface area contributed by atoms with Crippen molar-refractivity contribution in [3.8, 4) is 0 Å². The Kier molecular flexibility index (Phi) is 4.26. The van der Waals surface area contributed by atoms with Crippen LogP contribution in [-0.4, -0.2) is 47.8 Å². The van der Waals surface area contributed by atoms with E-state index in [9.17, 15) is 14.0 Å². The van der Waals surface area contributed by atoms with Crippen molar-refractivity contribution in [3.63, 3.8) is 0 Å². The minimum atomic E-state index is -0.598. The maximum atomic E-state index is 13.7. The van der Waals surface area contributed by atoms with Crippen LogP contribution in [0.25, 0.3) is 0 Å². The maximum Gasteiger partial charge on any atom is 0.257 e. The summed E-state index contributed by atoms with van der Waals surface area (Å²) in [6.45, 7) is 1.99. The first-order chi connectivity index (χ1) is 12.6. The van der Waals surface area contributed by atoms with Gasteiger partial charge in [0.05, 0.1) is 17.2 Å². The number of hydrogen-bond donors (Lipinski definition) is 0. The Balaban J connectivity index is 1.45. The molecular formula is C20H21FN2O3. The van der Waals surface area contributed by atoms with Crippen molar-refractivity contribution < 1.29 is 18.4 Å². The van der Waals surface area contributed by atoms with Gasteiger partial charge in [0.25, 0.3) is 5.91 Å². The molecule has 2 fully saturated rings. The number of carbonyl (C=O) groups is 2. The molecule has 0 spiro atoms. The molecule has 5 nitrogen and oxygen atoms in total. The van der Waals surface area contributed by atoms with E-state index in [1.165, 1.54) is 24.7 Å². The van der Waals surface area contributed by atoms with Gasteiger partial charge in [-0.25, -0.2) is 4.39 Å². The minimum absolute atomic E-state index is 0.0600. The third-order valence-corrected chi connectivity index (χ3v) is 5.62. The highest BCUT2D eigenvalue weighted by molar-refractivity contribution is 5.94. The fourth-order valence-electron chi connectivity index (χ4n) is 3.93. The van der Waals surface area contributed by atoms with Gasteiger partial charge in [-0.15, -0.1) is 0 Å². The normalized spacial score (nSPS) is 19.1. The van der Waals surface area contributed by atoms with Gasteiger partial charge in [0.2, 0.25) is 5.91 Å². The van der Waals surface area contributed by atoms with Gasteiger partial charge in [0, 0.05) is 26.2 Å². The summed E-state index contributed by atoms with van der Waals surface area (Å²) >= 11 is 0. The number of carbonyl (C=O) groups excluding carboxylic acids is 2. The van der Waals surface area contributed by atoms with Crippen LogP contribution in [0.5, 0.6) is 0 Å². The fourth-order valence-corrected chi connectivity index (χ4v) is 3.93. The SMILES string of the molecule is O=C(c1ccoc1)N1CCN(C(=O)C2(c3cccc(F)c3)CCC2)CC1. The van der Waals surface area contributed by atoms with Crippen LogP contribution in [0.15, 0.2) is 47.3 Å². The second-order valence-electron chi connectivity index (χ2n) is 7.04. The topological polar surface area (TPSA) is 53.8 Å². The monoisotopic (exact) mass is 356 g/mol. The highest BCUT2D eigenvalue weighted by atomic mass is 19.1. The maximum absolute atomic E-state index is 13.7. The van der Waals surface area contributed by atoms with Crippen molar-refractivity contribution in [1.82, 2.24) is 9.80 Å². The second-order valence-corrected chi connectivity index (χ2v) is 7.04. The summed E-state index contributed by atoms with van der Waals surface area (Å²) in [7, 11) is 0. The van der Waals surface area contributed by atoms with Crippen molar-refractivity contribution in [2.24, 2.45) is 0 Å². The summed E-state index contributed by atoms with van der Waals surface area (Å²) in [6.07, 6.45) is 5.40. The molecule has 2 aliphatic rings. The first kappa shape index (κ1) is 16.8. The molecule has 0 atom stereocenters. The van der Waals surface area contributed by atoms with Crippen LogP contribution in [0.4, 0.5) is 4.39 Å². The molecule has 6 heteroatoms. The molecule has 1 saturated heterocycles. The van der Waals surface area contributed by atoms with E-state index in [0.29, 0.717) is 31.7 Å². The molecule has 1 saturated carbocycles. The van der Waals surface area contributed by atoms with Gasteiger partial charge >= 0.3 is 0 Å². The van der Waals surface area contributed by atoms with E-state index in [1.54, 1.807) is 17.0 Å². The molecule has 1 aromatic heterocycles. The van der Waals surface area contributed by atoms with E-state index in [-0.39, 0.29) is 17.6 Å². The van der Waals surface area contributed by atoms with Gasteiger partial charge in [-0.2, -0.15) is 0 Å². The Morgan fingerprint density at radius 3 is 2.35 bits per heavy atom. The predicted molar refractivity (Wildman–Crippen MR) is 93.1 cm³/mol. The van der Waals surface area contributed by atoms with Crippen LogP contribution in [0.2, 0.25) is 0 Å². The number of halogens is 1. The van der Waals surface area contributed by atoms with Crippen LogP contribution in [0.3, 0.4) is 0 Å². The molecule has 1 aliphatic carbocycles. The van der Waals surface area contributed by atoms with Crippen molar-refractivity contribution in [2.45, 2.75) is 24.7 Å². The number of furan rings is 1. The lowest BCUT2D eigenvalue weighted by atomic mass is 9.63. The van der Waals surface area contributed by atoms with Crippen molar-refractivity contribution in [1.29, 1.82) is 0 Å². The van der Waals surface area contributed by atoms with E-state index in [0.717, 1.165) is 24.8 Å². The number of piperazine rings is 1. The summed E-state index contributed by atoms with van der Waals surface area (Å²) < 4.78 is 18.6. The van der Waals surface area contributed by atoms with Gasteiger partial charge in [-0.05, 0) is 36.6 Å². The molecule has 1 aromatic carbocycles. The average Bonchev–Trinajstić information content (AvgIpc) is 3.15. The van der Waals surface area contributed by atoms with E-state index in [2.05, 4.69) is 0 Å². The highest BCUT2D eigenvalue weighted by Crippen LogP contribution is 2.45. The van der Waals surface area contributed by atoms with Crippen molar-refractivity contribution >= 4 is 11.8 Å². The van der Waals surface area contributed by atoms with Crippen LogP contribution >= 0.6 is 0 Å². The standard InChI is InChI=1S/C20H21FN2O3/c21-17-4-1-3-16(13-17)20(6-2-7-20)19(25)23-10-8-22(9-11-23)18(24)15-5-12-26-14-15/h1,3-5,12-14H,2,6-11H2. The Labute approximate surface area is 151 Å². The van der Waals surface area contributed by atoms with Crippen LogP contribution in [-0.2, 0) is 10.2 Å². The van der Waals surface area contributed by atoms with E-state index in [1.807, 2.05) is 11.0 Å². The molecule has 1 aliphatic heterocycles. The lowest BCUT2D eigenvalue weighted by Gasteiger charge is -2.46. The third-order valence-electron chi connectivity index (χ3n) is 5.62. The highest BCUT2D eigenvalue weighted by Gasteiger charge is 2.48. The number of benzene rings is 1. The van der Waals surface area contributed by atoms with Crippen molar-refractivity contribution in [3.05, 3.63) is 59.8 Å². The minimum Gasteiger partial charge on any atom is -0.472 e. The summed E-state index contributed by atoms with van der Waals surface area (Å²) in [6, 6.07) is 8.04. The van der Waals surface area contributed by atoms with E-state index < -0.39 is 5.41 Å². The number of amides is 2. The summed E-state index contributed by atoms with van der Waals surface area (Å²) in [5, 5.41) is 0. The predicted octanol–water partition coefficient (Wildman–Crippen LogP) is 2.83. The van der Waals surface area contributed by atoms with Crippen molar-refractivity contribution in [2.75, 3.05) is 26.2 Å². The molecule has 0 bridgehead atoms. The van der Waals surface area contributed by atoms with E-state index in [4.69, 9.17) is 4.42 Å². The fraction of sp³-hybridized carbons (Fsp3) is 0.400. The second kappa shape index (κ2) is 6.59. The summed E-state index contributed by atoms with van der Waals surface area (Å²) in [5.41, 5.74) is 0.699. The molecule has 0 radical (unpaired) electrons. The summed E-state index contributed by atoms with van der Waals surface area (Å²) in [5.74, 6) is -0.323. The number of rotatable bonds is 3. The first-order valence-corrected chi connectivity index (χ1v) is 8.97. The van der Waals surface area contributed by atoms with Gasteiger partial charge in [0.1, 0.15) is 12.1 Å². The van der Waals surface area contributed by atoms with Gasteiger partial charge in [-0.1, -0.05) is 18.6 Å². The van der Waals surface area contributed by atoms with Gasteiger partial charge < -0.3 is 14.2 Å². The Hall–Kier alpha value is -2.63. The first-order valence-electron chi connectivity index (χ1n) is 8.97.